The Balaban J connectivity index is 2.00. The maximum Gasteiger partial charge on any atom is 0.339 e. The molecule has 1 aliphatic heterocycles. The third-order valence-electron chi connectivity index (χ3n) is 4.11. The highest BCUT2D eigenvalue weighted by Gasteiger charge is 2.22. The largest absolute Gasteiger partial charge is 0.492 e. The monoisotopic (exact) mass is 290 g/mol. The molecule has 22 heavy (non-hydrogen) atoms. The molecule has 0 aromatic heterocycles. The fourth-order valence-corrected chi connectivity index (χ4v) is 3.10. The minimum Gasteiger partial charge on any atom is -0.492 e. The molecule has 3 aromatic rings. The van der Waals surface area contributed by atoms with Crippen molar-refractivity contribution < 1.29 is 14.6 Å². The fourth-order valence-electron chi connectivity index (χ4n) is 3.10. The summed E-state index contributed by atoms with van der Waals surface area (Å²) in [6.45, 7) is 0.550. The minimum atomic E-state index is -0.944. The molecule has 3 nitrogen and oxygen atoms in total. The number of aromatic carboxylic acids is 1. The van der Waals surface area contributed by atoms with Gasteiger partial charge in [0.2, 0.25) is 0 Å². The van der Waals surface area contributed by atoms with Crippen LogP contribution in [0.25, 0.3) is 21.9 Å². The molecule has 3 aromatic carbocycles. The Labute approximate surface area is 127 Å². The van der Waals surface area contributed by atoms with Gasteiger partial charge in [0.25, 0.3) is 0 Å². The zero-order valence-electron chi connectivity index (χ0n) is 11.9. The Morgan fingerprint density at radius 3 is 2.73 bits per heavy atom. The Bertz CT molecular complexity index is 891. The summed E-state index contributed by atoms with van der Waals surface area (Å²) in [6.07, 6.45) is 0.758. The molecule has 0 aliphatic carbocycles. The van der Waals surface area contributed by atoms with Gasteiger partial charge in [0, 0.05) is 6.42 Å². The van der Waals surface area contributed by atoms with E-state index in [9.17, 15) is 9.90 Å². The van der Waals surface area contributed by atoms with Crippen molar-refractivity contribution in [3.8, 4) is 16.9 Å². The number of carboxylic acid groups (broad SMARTS) is 1. The van der Waals surface area contributed by atoms with Gasteiger partial charge in [-0.25, -0.2) is 4.79 Å². The fraction of sp³-hybridized carbons (Fsp3) is 0.105. The van der Waals surface area contributed by atoms with Crippen molar-refractivity contribution in [2.45, 2.75) is 6.42 Å². The van der Waals surface area contributed by atoms with Gasteiger partial charge in [-0.2, -0.15) is 0 Å². The van der Waals surface area contributed by atoms with E-state index in [1.165, 1.54) is 0 Å². The molecule has 108 valence electrons. The van der Waals surface area contributed by atoms with E-state index < -0.39 is 5.97 Å². The number of hydrogen-bond donors (Lipinski definition) is 1. The van der Waals surface area contributed by atoms with Gasteiger partial charge in [0.1, 0.15) is 11.3 Å². The van der Waals surface area contributed by atoms with E-state index in [-0.39, 0.29) is 5.56 Å². The van der Waals surface area contributed by atoms with E-state index in [1.54, 1.807) is 6.07 Å². The minimum absolute atomic E-state index is 0.248. The molecular formula is C19H14O3. The van der Waals surface area contributed by atoms with Crippen molar-refractivity contribution in [1.29, 1.82) is 0 Å². The van der Waals surface area contributed by atoms with Crippen LogP contribution < -0.4 is 4.74 Å². The molecule has 1 aliphatic rings. The summed E-state index contributed by atoms with van der Waals surface area (Å²) in [7, 11) is 0. The lowest BCUT2D eigenvalue weighted by atomic mass is 9.94. The first-order valence-corrected chi connectivity index (χ1v) is 7.25. The number of carboxylic acids is 1. The number of rotatable bonds is 2. The molecule has 4 rings (SSSR count). The molecule has 1 N–H and O–H groups in total. The van der Waals surface area contributed by atoms with Crippen LogP contribution in [-0.2, 0) is 6.42 Å². The summed E-state index contributed by atoms with van der Waals surface area (Å²) in [5.41, 5.74) is 3.20. The van der Waals surface area contributed by atoms with Crippen LogP contribution in [0, 0.1) is 0 Å². The first-order chi connectivity index (χ1) is 10.7. The van der Waals surface area contributed by atoms with Crippen molar-refractivity contribution in [2.24, 2.45) is 0 Å². The zero-order valence-corrected chi connectivity index (χ0v) is 11.9. The Morgan fingerprint density at radius 1 is 1.05 bits per heavy atom. The standard InChI is InChI=1S/C19H14O3/c20-19(21)17-11-14(10-13-8-9-22-18(13)17)16-7-3-5-12-4-1-2-6-15(12)16/h1-7,10-11H,8-9H2,(H,20,21). The van der Waals surface area contributed by atoms with Crippen molar-refractivity contribution in [3.05, 3.63) is 65.7 Å². The van der Waals surface area contributed by atoms with Crippen LogP contribution >= 0.6 is 0 Å². The average Bonchev–Trinajstić information content (AvgIpc) is 3.01. The lowest BCUT2D eigenvalue weighted by molar-refractivity contribution is 0.0693. The van der Waals surface area contributed by atoms with E-state index >= 15 is 0 Å². The summed E-state index contributed by atoms with van der Waals surface area (Å²) in [5, 5.41) is 11.7. The molecule has 0 bridgehead atoms. The molecular weight excluding hydrogens is 276 g/mol. The van der Waals surface area contributed by atoms with Crippen molar-refractivity contribution in [2.75, 3.05) is 6.61 Å². The van der Waals surface area contributed by atoms with Crippen LogP contribution in [0.5, 0.6) is 5.75 Å². The molecule has 0 atom stereocenters. The summed E-state index contributed by atoms with van der Waals surface area (Å²) in [4.78, 5) is 11.5. The second-order valence-electron chi connectivity index (χ2n) is 5.44. The maximum atomic E-state index is 11.5. The highest BCUT2D eigenvalue weighted by molar-refractivity contribution is 5.99. The second-order valence-corrected chi connectivity index (χ2v) is 5.44. The molecule has 0 radical (unpaired) electrons. The number of fused-ring (bicyclic) bond motifs is 2. The highest BCUT2D eigenvalue weighted by atomic mass is 16.5. The molecule has 3 heteroatoms. The van der Waals surface area contributed by atoms with E-state index in [1.807, 2.05) is 24.3 Å². The summed E-state index contributed by atoms with van der Waals surface area (Å²) in [5.74, 6) is -0.420. The number of ether oxygens (including phenoxy) is 1. The third kappa shape index (κ3) is 1.94. The third-order valence-corrected chi connectivity index (χ3v) is 4.11. The first kappa shape index (κ1) is 12.9. The van der Waals surface area contributed by atoms with Gasteiger partial charge in [0.15, 0.2) is 0 Å². The van der Waals surface area contributed by atoms with Gasteiger partial charge in [-0.3, -0.25) is 0 Å². The number of carbonyl (C=O) groups is 1. The van der Waals surface area contributed by atoms with Crippen LogP contribution in [0.15, 0.2) is 54.6 Å². The van der Waals surface area contributed by atoms with Crippen LogP contribution in [-0.4, -0.2) is 17.7 Å². The molecule has 0 saturated carbocycles. The average molecular weight is 290 g/mol. The van der Waals surface area contributed by atoms with E-state index in [4.69, 9.17) is 4.74 Å². The summed E-state index contributed by atoms with van der Waals surface area (Å²) >= 11 is 0. The van der Waals surface area contributed by atoms with Crippen molar-refractivity contribution >= 4 is 16.7 Å². The summed E-state index contributed by atoms with van der Waals surface area (Å²) < 4.78 is 5.49. The molecule has 1 heterocycles. The van der Waals surface area contributed by atoms with Gasteiger partial charge in [-0.05, 0) is 39.6 Å². The molecule has 0 spiro atoms. The van der Waals surface area contributed by atoms with E-state index in [0.717, 1.165) is 33.9 Å². The van der Waals surface area contributed by atoms with Crippen LogP contribution in [0.2, 0.25) is 0 Å². The van der Waals surface area contributed by atoms with Gasteiger partial charge < -0.3 is 9.84 Å². The number of hydrogen-bond acceptors (Lipinski definition) is 2. The second kappa shape index (κ2) is 4.88. The van der Waals surface area contributed by atoms with Gasteiger partial charge in [-0.15, -0.1) is 0 Å². The Kier molecular flexibility index (Phi) is 2.86. The Hall–Kier alpha value is -2.81. The van der Waals surface area contributed by atoms with Gasteiger partial charge in [0.05, 0.1) is 6.61 Å². The van der Waals surface area contributed by atoms with E-state index in [2.05, 4.69) is 24.3 Å². The molecule has 0 saturated heterocycles. The predicted molar refractivity (Wildman–Crippen MR) is 85.5 cm³/mol. The predicted octanol–water partition coefficient (Wildman–Crippen LogP) is 4.14. The smallest absolute Gasteiger partial charge is 0.339 e. The normalized spacial score (nSPS) is 12.9. The topological polar surface area (TPSA) is 46.5 Å². The van der Waals surface area contributed by atoms with Gasteiger partial charge >= 0.3 is 5.97 Å². The maximum absolute atomic E-state index is 11.5. The SMILES string of the molecule is O=C(O)c1cc(-c2cccc3ccccc23)cc2c1OCC2. The van der Waals surface area contributed by atoms with Crippen molar-refractivity contribution in [1.82, 2.24) is 0 Å². The van der Waals surface area contributed by atoms with Crippen LogP contribution in [0.1, 0.15) is 15.9 Å². The molecule has 0 fully saturated rings. The van der Waals surface area contributed by atoms with Crippen LogP contribution in [0.4, 0.5) is 0 Å². The first-order valence-electron chi connectivity index (χ1n) is 7.25. The highest BCUT2D eigenvalue weighted by Crippen LogP contribution is 2.37. The van der Waals surface area contributed by atoms with Crippen LogP contribution in [0.3, 0.4) is 0 Å². The van der Waals surface area contributed by atoms with Crippen molar-refractivity contribution in [3.63, 3.8) is 0 Å². The van der Waals surface area contributed by atoms with E-state index in [0.29, 0.717) is 12.4 Å². The number of benzene rings is 3. The molecule has 0 amide bonds. The summed E-state index contributed by atoms with van der Waals surface area (Å²) in [6, 6.07) is 18.0. The quantitative estimate of drug-likeness (QED) is 0.771. The lowest BCUT2D eigenvalue weighted by Gasteiger charge is -2.11. The van der Waals surface area contributed by atoms with Gasteiger partial charge in [-0.1, -0.05) is 42.5 Å². The molecule has 0 unspecified atom stereocenters. The Morgan fingerprint density at radius 2 is 1.86 bits per heavy atom. The zero-order chi connectivity index (χ0) is 15.1. The lowest BCUT2D eigenvalue weighted by Crippen LogP contribution is -2.00.